The number of hydrogen-bond donors (Lipinski definition) is 1. The molecule has 0 fully saturated rings. The molecule has 0 saturated carbocycles. The third-order valence-electron chi connectivity index (χ3n) is 1.96. The zero-order chi connectivity index (χ0) is 11.9. The van der Waals surface area contributed by atoms with Gasteiger partial charge in [0.05, 0.1) is 5.75 Å². The van der Waals surface area contributed by atoms with Crippen LogP contribution < -0.4 is 5.32 Å². The van der Waals surface area contributed by atoms with Gasteiger partial charge in [-0.25, -0.2) is 8.42 Å². The van der Waals surface area contributed by atoms with Crippen LogP contribution in [0.4, 0.5) is 0 Å². The lowest BCUT2D eigenvalue weighted by atomic mass is 10.1. The molecule has 0 saturated heterocycles. The summed E-state index contributed by atoms with van der Waals surface area (Å²) in [6.45, 7) is 4.86. The second-order valence-corrected chi connectivity index (χ2v) is 6.53. The number of nitrogens with one attached hydrogen (secondary N) is 1. The first-order valence-corrected chi connectivity index (χ1v) is 7.31. The number of carbonyl (C=O) groups is 1. The summed E-state index contributed by atoms with van der Waals surface area (Å²) in [6, 6.07) is 0. The van der Waals surface area contributed by atoms with Gasteiger partial charge in [0.25, 0.3) is 0 Å². The molecule has 0 heterocycles. The molecule has 0 unspecified atom stereocenters. The Hall–Kier alpha value is -0.580. The van der Waals surface area contributed by atoms with Crippen molar-refractivity contribution in [1.29, 1.82) is 0 Å². The monoisotopic (exact) mass is 235 g/mol. The molecule has 0 atom stereocenters. The minimum Gasteiger partial charge on any atom is -0.356 e. The van der Waals surface area contributed by atoms with Crippen LogP contribution in [0.25, 0.3) is 0 Å². The topological polar surface area (TPSA) is 63.2 Å². The molecule has 4 nitrogen and oxygen atoms in total. The highest BCUT2D eigenvalue weighted by Gasteiger charge is 2.05. The highest BCUT2D eigenvalue weighted by molar-refractivity contribution is 7.90. The molecule has 1 amide bonds. The molecule has 0 aromatic carbocycles. The minimum atomic E-state index is -2.93. The molecular formula is C10H21NO3S. The molecule has 15 heavy (non-hydrogen) atoms. The van der Waals surface area contributed by atoms with E-state index in [4.69, 9.17) is 0 Å². The molecule has 1 N–H and O–H groups in total. The van der Waals surface area contributed by atoms with Crippen molar-refractivity contribution in [1.82, 2.24) is 5.32 Å². The fourth-order valence-electron chi connectivity index (χ4n) is 1.08. The van der Waals surface area contributed by atoms with Crippen molar-refractivity contribution >= 4 is 15.7 Å². The second kappa shape index (κ2) is 6.82. The Morgan fingerprint density at radius 3 is 2.40 bits per heavy atom. The van der Waals surface area contributed by atoms with Crippen LogP contribution in [0.3, 0.4) is 0 Å². The van der Waals surface area contributed by atoms with Gasteiger partial charge in [-0.1, -0.05) is 13.8 Å². The quantitative estimate of drug-likeness (QED) is 0.715. The molecule has 0 spiro atoms. The summed E-state index contributed by atoms with van der Waals surface area (Å²) in [4.78, 5) is 11.2. The Morgan fingerprint density at radius 2 is 1.93 bits per heavy atom. The molecule has 0 bridgehead atoms. The Balaban J connectivity index is 3.50. The normalized spacial score (nSPS) is 11.7. The summed E-state index contributed by atoms with van der Waals surface area (Å²) in [5.41, 5.74) is 0. The number of carbonyl (C=O) groups excluding carboxylic acids is 1. The van der Waals surface area contributed by atoms with Crippen molar-refractivity contribution in [3.8, 4) is 0 Å². The largest absolute Gasteiger partial charge is 0.356 e. The van der Waals surface area contributed by atoms with Gasteiger partial charge in [0.1, 0.15) is 9.84 Å². The Morgan fingerprint density at radius 1 is 1.33 bits per heavy atom. The van der Waals surface area contributed by atoms with Crippen LogP contribution in [-0.2, 0) is 14.6 Å². The van der Waals surface area contributed by atoms with Crippen LogP contribution in [0.5, 0.6) is 0 Å². The first-order valence-electron chi connectivity index (χ1n) is 5.25. The molecule has 0 aromatic heterocycles. The van der Waals surface area contributed by atoms with Gasteiger partial charge in [0.15, 0.2) is 0 Å². The first kappa shape index (κ1) is 14.4. The molecular weight excluding hydrogens is 214 g/mol. The summed E-state index contributed by atoms with van der Waals surface area (Å²) in [7, 11) is -2.93. The van der Waals surface area contributed by atoms with Gasteiger partial charge >= 0.3 is 0 Å². The van der Waals surface area contributed by atoms with Crippen LogP contribution in [0, 0.1) is 5.92 Å². The van der Waals surface area contributed by atoms with E-state index in [1.165, 1.54) is 6.26 Å². The summed E-state index contributed by atoms with van der Waals surface area (Å²) in [6.07, 6.45) is 2.85. The van der Waals surface area contributed by atoms with Crippen LogP contribution in [0.15, 0.2) is 0 Å². The summed E-state index contributed by atoms with van der Waals surface area (Å²) in [5, 5.41) is 2.77. The van der Waals surface area contributed by atoms with Crippen molar-refractivity contribution in [3.63, 3.8) is 0 Å². The van der Waals surface area contributed by atoms with Crippen LogP contribution in [0.1, 0.15) is 33.1 Å². The fraction of sp³-hybridized carbons (Fsp3) is 0.900. The second-order valence-electron chi connectivity index (χ2n) is 4.27. The van der Waals surface area contributed by atoms with E-state index < -0.39 is 9.84 Å². The number of rotatable bonds is 7. The summed E-state index contributed by atoms with van der Waals surface area (Å²) >= 11 is 0. The smallest absolute Gasteiger partial charge is 0.220 e. The molecule has 0 aliphatic rings. The number of hydrogen-bond acceptors (Lipinski definition) is 3. The lowest BCUT2D eigenvalue weighted by molar-refractivity contribution is -0.121. The molecule has 0 radical (unpaired) electrons. The maximum atomic E-state index is 11.2. The van der Waals surface area contributed by atoms with E-state index in [-0.39, 0.29) is 11.7 Å². The standard InChI is InChI=1S/C10H21NO3S/c1-9(2)6-7-11-10(12)5-4-8-15(3,13)14/h9H,4-8H2,1-3H3,(H,11,12). The van der Waals surface area contributed by atoms with Crippen molar-refractivity contribution in [2.75, 3.05) is 18.6 Å². The maximum Gasteiger partial charge on any atom is 0.220 e. The third-order valence-corrected chi connectivity index (χ3v) is 2.99. The van der Waals surface area contributed by atoms with E-state index in [2.05, 4.69) is 19.2 Å². The molecule has 0 aliphatic carbocycles. The van der Waals surface area contributed by atoms with E-state index in [9.17, 15) is 13.2 Å². The van der Waals surface area contributed by atoms with E-state index in [1.54, 1.807) is 0 Å². The van der Waals surface area contributed by atoms with Crippen molar-refractivity contribution in [2.24, 2.45) is 5.92 Å². The van der Waals surface area contributed by atoms with Crippen LogP contribution in [-0.4, -0.2) is 32.9 Å². The van der Waals surface area contributed by atoms with E-state index in [0.29, 0.717) is 25.3 Å². The molecule has 90 valence electrons. The van der Waals surface area contributed by atoms with Gasteiger partial charge in [-0.2, -0.15) is 0 Å². The SMILES string of the molecule is CC(C)CCNC(=O)CCCS(C)(=O)=O. The summed E-state index contributed by atoms with van der Waals surface area (Å²) < 4.78 is 21.6. The highest BCUT2D eigenvalue weighted by atomic mass is 32.2. The molecule has 5 heteroatoms. The highest BCUT2D eigenvalue weighted by Crippen LogP contribution is 1.98. The predicted octanol–water partition coefficient (Wildman–Crippen LogP) is 0.974. The van der Waals surface area contributed by atoms with Gasteiger partial charge in [-0.05, 0) is 18.8 Å². The Kier molecular flexibility index (Phi) is 6.56. The Labute approximate surface area is 92.4 Å². The van der Waals surface area contributed by atoms with Crippen molar-refractivity contribution in [2.45, 2.75) is 33.1 Å². The van der Waals surface area contributed by atoms with Crippen molar-refractivity contribution in [3.05, 3.63) is 0 Å². The van der Waals surface area contributed by atoms with Gasteiger partial charge in [-0.3, -0.25) is 4.79 Å². The van der Waals surface area contributed by atoms with Gasteiger partial charge < -0.3 is 5.32 Å². The zero-order valence-corrected chi connectivity index (χ0v) is 10.6. The molecule has 0 aliphatic heterocycles. The number of sulfone groups is 1. The third kappa shape index (κ3) is 11.3. The first-order chi connectivity index (χ1) is 6.81. The van der Waals surface area contributed by atoms with E-state index >= 15 is 0 Å². The van der Waals surface area contributed by atoms with E-state index in [0.717, 1.165) is 6.42 Å². The van der Waals surface area contributed by atoms with Gasteiger partial charge in [0.2, 0.25) is 5.91 Å². The van der Waals surface area contributed by atoms with Gasteiger partial charge in [-0.15, -0.1) is 0 Å². The maximum absolute atomic E-state index is 11.2. The number of amides is 1. The average Bonchev–Trinajstić information content (AvgIpc) is 2.00. The van der Waals surface area contributed by atoms with Crippen molar-refractivity contribution < 1.29 is 13.2 Å². The molecule has 0 aromatic rings. The lowest BCUT2D eigenvalue weighted by Crippen LogP contribution is -2.25. The minimum absolute atomic E-state index is 0.0562. The predicted molar refractivity (Wildman–Crippen MR) is 61.4 cm³/mol. The van der Waals surface area contributed by atoms with Crippen LogP contribution in [0.2, 0.25) is 0 Å². The Bertz CT molecular complexity index is 283. The summed E-state index contributed by atoms with van der Waals surface area (Å²) in [5.74, 6) is 0.602. The lowest BCUT2D eigenvalue weighted by Gasteiger charge is -2.06. The zero-order valence-electron chi connectivity index (χ0n) is 9.75. The van der Waals surface area contributed by atoms with E-state index in [1.807, 2.05) is 0 Å². The average molecular weight is 235 g/mol. The van der Waals surface area contributed by atoms with Crippen LogP contribution >= 0.6 is 0 Å². The molecule has 0 rings (SSSR count). The fourth-order valence-corrected chi connectivity index (χ4v) is 1.75. The van der Waals surface area contributed by atoms with Gasteiger partial charge in [0, 0.05) is 19.2 Å².